The minimum Gasteiger partial charge on any atom is -0.490 e. The second-order valence-corrected chi connectivity index (χ2v) is 8.16. The van der Waals surface area contributed by atoms with Crippen molar-refractivity contribution < 1.29 is 19.2 Å². The number of carbonyl (C=O) groups is 2. The predicted molar refractivity (Wildman–Crippen MR) is 113 cm³/mol. The van der Waals surface area contributed by atoms with Crippen LogP contribution in [0.2, 0.25) is 0 Å². The van der Waals surface area contributed by atoms with E-state index in [0.29, 0.717) is 5.69 Å². The van der Waals surface area contributed by atoms with E-state index in [1.165, 1.54) is 25.3 Å². The predicted octanol–water partition coefficient (Wildman–Crippen LogP) is 3.51. The van der Waals surface area contributed by atoms with Gasteiger partial charge in [0.2, 0.25) is 11.8 Å². The molecule has 9 nitrogen and oxygen atoms in total. The van der Waals surface area contributed by atoms with E-state index in [-0.39, 0.29) is 41.9 Å². The number of benzene rings is 2. The molecule has 0 bridgehead atoms. The maximum Gasteiger partial charge on any atom is 0.312 e. The minimum absolute atomic E-state index is 0.0677. The number of aryl methyl sites for hydroxylation is 1. The summed E-state index contributed by atoms with van der Waals surface area (Å²) >= 11 is 1.58. The number of nitro groups is 1. The minimum atomic E-state index is -0.578. The summed E-state index contributed by atoms with van der Waals surface area (Å²) in [7, 11) is 1.34. The monoisotopic (exact) mass is 426 g/mol. The molecule has 0 radical (unpaired) electrons. The second-order valence-electron chi connectivity index (χ2n) is 6.92. The van der Waals surface area contributed by atoms with Crippen LogP contribution in [-0.4, -0.2) is 35.4 Å². The van der Waals surface area contributed by atoms with Crippen LogP contribution >= 0.6 is 11.3 Å². The third-order valence-electron chi connectivity index (χ3n) is 4.93. The van der Waals surface area contributed by atoms with E-state index < -0.39 is 10.8 Å². The Morgan fingerprint density at radius 3 is 2.87 bits per heavy atom. The van der Waals surface area contributed by atoms with Crippen LogP contribution in [0.4, 0.5) is 17.1 Å². The lowest BCUT2D eigenvalue weighted by Crippen LogP contribution is -2.28. The van der Waals surface area contributed by atoms with Crippen molar-refractivity contribution in [1.29, 1.82) is 0 Å². The maximum absolute atomic E-state index is 12.7. The first-order chi connectivity index (χ1) is 14.4. The van der Waals surface area contributed by atoms with Crippen molar-refractivity contribution in [3.8, 4) is 5.75 Å². The molecule has 2 amide bonds. The summed E-state index contributed by atoms with van der Waals surface area (Å²) in [5, 5.41) is 14.8. The molecule has 0 spiro atoms. The number of thiazole rings is 1. The van der Waals surface area contributed by atoms with Crippen LogP contribution < -0.4 is 15.0 Å². The lowest BCUT2D eigenvalue weighted by Gasteiger charge is -2.16. The van der Waals surface area contributed by atoms with Gasteiger partial charge in [0.25, 0.3) is 0 Å². The van der Waals surface area contributed by atoms with Crippen LogP contribution in [0.5, 0.6) is 5.75 Å². The van der Waals surface area contributed by atoms with Gasteiger partial charge in [-0.05, 0) is 37.3 Å². The number of aromatic nitrogens is 1. The number of hydrogen-bond donors (Lipinski definition) is 1. The molecule has 0 aliphatic carbocycles. The molecule has 1 N–H and O–H groups in total. The highest BCUT2D eigenvalue weighted by molar-refractivity contribution is 7.18. The molecule has 1 saturated heterocycles. The number of hydrogen-bond acceptors (Lipinski definition) is 7. The van der Waals surface area contributed by atoms with Crippen molar-refractivity contribution in [1.82, 2.24) is 4.98 Å². The third kappa shape index (κ3) is 3.69. The van der Waals surface area contributed by atoms with Crippen molar-refractivity contribution in [2.24, 2.45) is 5.92 Å². The van der Waals surface area contributed by atoms with Gasteiger partial charge in [-0.2, -0.15) is 0 Å². The molecule has 1 aliphatic heterocycles. The Morgan fingerprint density at radius 1 is 1.33 bits per heavy atom. The van der Waals surface area contributed by atoms with Gasteiger partial charge in [0.1, 0.15) is 0 Å². The van der Waals surface area contributed by atoms with Crippen molar-refractivity contribution in [2.45, 2.75) is 13.3 Å². The number of anilines is 2. The summed E-state index contributed by atoms with van der Waals surface area (Å²) in [6.07, 6.45) is 0.0677. The maximum atomic E-state index is 12.7. The quantitative estimate of drug-likeness (QED) is 0.493. The summed E-state index contributed by atoms with van der Waals surface area (Å²) in [4.78, 5) is 41.8. The van der Waals surface area contributed by atoms with Gasteiger partial charge in [0.15, 0.2) is 5.75 Å². The number of fused-ring (bicyclic) bond motifs is 1. The lowest BCUT2D eigenvalue weighted by molar-refractivity contribution is -0.385. The van der Waals surface area contributed by atoms with Gasteiger partial charge < -0.3 is 15.0 Å². The topological polar surface area (TPSA) is 115 Å². The molecule has 1 aliphatic rings. The summed E-state index contributed by atoms with van der Waals surface area (Å²) in [5.41, 5.74) is 1.55. The fourth-order valence-corrected chi connectivity index (χ4v) is 4.29. The van der Waals surface area contributed by atoms with Gasteiger partial charge in [-0.25, -0.2) is 4.98 Å². The molecule has 10 heteroatoms. The molecule has 2 heterocycles. The van der Waals surface area contributed by atoms with Gasteiger partial charge in [0.05, 0.1) is 33.2 Å². The molecular formula is C20H18N4O5S. The van der Waals surface area contributed by atoms with Crippen LogP contribution in [-0.2, 0) is 9.59 Å². The fraction of sp³-hybridized carbons (Fsp3) is 0.250. The number of nitrogens with one attached hydrogen (secondary N) is 1. The zero-order valence-electron chi connectivity index (χ0n) is 16.2. The lowest BCUT2D eigenvalue weighted by atomic mass is 10.1. The Kier molecular flexibility index (Phi) is 5.08. The van der Waals surface area contributed by atoms with Crippen molar-refractivity contribution >= 4 is 50.4 Å². The Labute approximate surface area is 175 Å². The number of methoxy groups -OCH3 is 1. The molecule has 1 fully saturated rings. The SMILES string of the molecule is COc1ccc(NC(=O)C2CC(=O)N(c3ccc4sc(C)nc4c3)C2)cc1[N+](=O)[O-]. The Morgan fingerprint density at radius 2 is 2.13 bits per heavy atom. The number of carbonyl (C=O) groups excluding carboxylic acids is 2. The molecule has 4 rings (SSSR count). The highest BCUT2D eigenvalue weighted by atomic mass is 32.1. The molecule has 154 valence electrons. The van der Waals surface area contributed by atoms with E-state index in [1.54, 1.807) is 16.2 Å². The van der Waals surface area contributed by atoms with Gasteiger partial charge in [-0.1, -0.05) is 0 Å². The third-order valence-corrected chi connectivity index (χ3v) is 5.88. The zero-order chi connectivity index (χ0) is 21.4. The first-order valence-electron chi connectivity index (χ1n) is 9.16. The Hall–Kier alpha value is -3.53. The van der Waals surface area contributed by atoms with E-state index in [4.69, 9.17) is 4.74 Å². The van der Waals surface area contributed by atoms with Crippen LogP contribution in [0.1, 0.15) is 11.4 Å². The molecule has 1 aromatic heterocycles. The molecule has 1 atom stereocenters. The number of rotatable bonds is 5. The molecule has 2 aromatic carbocycles. The molecular weight excluding hydrogens is 408 g/mol. The Balaban J connectivity index is 1.50. The largest absolute Gasteiger partial charge is 0.490 e. The molecule has 1 unspecified atom stereocenters. The van der Waals surface area contributed by atoms with Crippen LogP contribution in [0.15, 0.2) is 36.4 Å². The second kappa shape index (κ2) is 7.71. The van der Waals surface area contributed by atoms with Gasteiger partial charge in [0, 0.05) is 30.4 Å². The number of amides is 2. The normalized spacial score (nSPS) is 16.1. The number of nitrogens with zero attached hydrogens (tertiary/aromatic N) is 3. The van der Waals surface area contributed by atoms with Crippen LogP contribution in [0.3, 0.4) is 0 Å². The van der Waals surface area contributed by atoms with Gasteiger partial charge in [-0.3, -0.25) is 19.7 Å². The van der Waals surface area contributed by atoms with Crippen molar-refractivity contribution in [3.05, 3.63) is 51.5 Å². The average molecular weight is 426 g/mol. The van der Waals surface area contributed by atoms with E-state index in [1.807, 2.05) is 25.1 Å². The van der Waals surface area contributed by atoms with Crippen LogP contribution in [0.25, 0.3) is 10.2 Å². The summed E-state index contributed by atoms with van der Waals surface area (Å²) in [6, 6.07) is 9.81. The summed E-state index contributed by atoms with van der Waals surface area (Å²) in [5.74, 6) is -0.975. The van der Waals surface area contributed by atoms with Gasteiger partial charge in [-0.15, -0.1) is 11.3 Å². The molecule has 30 heavy (non-hydrogen) atoms. The van der Waals surface area contributed by atoms with Crippen molar-refractivity contribution in [2.75, 3.05) is 23.9 Å². The number of ether oxygens (including phenoxy) is 1. The van der Waals surface area contributed by atoms with E-state index in [0.717, 1.165) is 15.2 Å². The van der Waals surface area contributed by atoms with E-state index >= 15 is 0 Å². The first-order valence-corrected chi connectivity index (χ1v) is 9.98. The molecule has 3 aromatic rings. The molecule has 0 saturated carbocycles. The highest BCUT2D eigenvalue weighted by Gasteiger charge is 2.35. The smallest absolute Gasteiger partial charge is 0.312 e. The van der Waals surface area contributed by atoms with E-state index in [2.05, 4.69) is 10.3 Å². The van der Waals surface area contributed by atoms with E-state index in [9.17, 15) is 19.7 Å². The van der Waals surface area contributed by atoms with Gasteiger partial charge >= 0.3 is 5.69 Å². The van der Waals surface area contributed by atoms with Crippen LogP contribution in [0, 0.1) is 23.0 Å². The Bertz CT molecular complexity index is 1180. The standard InChI is InChI=1S/C20H18N4O5S/c1-11-21-15-9-14(4-6-18(15)30-11)23-10-12(7-19(23)25)20(26)22-13-3-5-17(29-2)16(8-13)24(27)28/h3-6,8-9,12H,7,10H2,1-2H3,(H,22,26). The first kappa shape index (κ1) is 19.8. The average Bonchev–Trinajstić information content (AvgIpc) is 3.28. The summed E-state index contributed by atoms with van der Waals surface area (Å²) in [6.45, 7) is 2.16. The number of nitro benzene ring substituents is 1. The zero-order valence-corrected chi connectivity index (χ0v) is 17.1. The highest BCUT2D eigenvalue weighted by Crippen LogP contribution is 2.32. The fourth-order valence-electron chi connectivity index (χ4n) is 3.49. The van der Waals surface area contributed by atoms with Crippen molar-refractivity contribution in [3.63, 3.8) is 0 Å². The summed E-state index contributed by atoms with van der Waals surface area (Å²) < 4.78 is 6.01.